The van der Waals surface area contributed by atoms with Crippen molar-refractivity contribution in [3.63, 3.8) is 0 Å². The average molecular weight is 388 g/mol. The van der Waals surface area contributed by atoms with E-state index in [2.05, 4.69) is 70.5 Å². The first-order valence-corrected chi connectivity index (χ1v) is 10.3. The summed E-state index contributed by atoms with van der Waals surface area (Å²) in [6.07, 6.45) is 2.17. The molecule has 0 spiro atoms. The number of pyridine rings is 1. The van der Waals surface area contributed by atoms with Crippen molar-refractivity contribution in [3.8, 4) is 17.0 Å². The molecule has 2 aromatic carbocycles. The minimum absolute atomic E-state index is 0.138. The van der Waals surface area contributed by atoms with Crippen LogP contribution in [0.2, 0.25) is 0 Å². The normalized spacial score (nSPS) is 19.8. The molecule has 1 saturated heterocycles. The molecule has 0 saturated carbocycles. The molecule has 0 bridgehead atoms. The highest BCUT2D eigenvalue weighted by molar-refractivity contribution is 5.62. The largest absolute Gasteiger partial charge is 0.496 e. The topological polar surface area (TPSA) is 51.4 Å². The van der Waals surface area contributed by atoms with Crippen molar-refractivity contribution in [1.82, 2.24) is 9.88 Å². The number of nitrogens with zero attached hydrogens (tertiary/aromatic N) is 2. The van der Waals surface area contributed by atoms with Crippen molar-refractivity contribution in [1.29, 1.82) is 0 Å². The van der Waals surface area contributed by atoms with Crippen LogP contribution in [0.5, 0.6) is 5.75 Å². The molecular weight excluding hydrogens is 358 g/mol. The van der Waals surface area contributed by atoms with Crippen LogP contribution in [0.1, 0.15) is 35.7 Å². The molecule has 4 rings (SSSR count). The number of ether oxygens (including phenoxy) is 1. The van der Waals surface area contributed by atoms with Crippen LogP contribution in [0.15, 0.2) is 66.7 Å². The molecule has 2 N–H and O–H groups in total. The molecule has 2 heterocycles. The zero-order valence-corrected chi connectivity index (χ0v) is 17.2. The second-order valence-electron chi connectivity index (χ2n) is 7.82. The number of nitrogens with two attached hydrogens (primary N) is 1. The highest BCUT2D eigenvalue weighted by Gasteiger charge is 2.30. The molecule has 1 aliphatic rings. The molecule has 150 valence electrons. The summed E-state index contributed by atoms with van der Waals surface area (Å²) in [5, 5.41) is 0. The molecule has 3 aromatic rings. The van der Waals surface area contributed by atoms with E-state index in [9.17, 15) is 0 Å². The predicted octanol–water partition coefficient (Wildman–Crippen LogP) is 4.73. The molecule has 4 heteroatoms. The smallest absolute Gasteiger partial charge is 0.123 e. The fourth-order valence-corrected chi connectivity index (χ4v) is 4.37. The Morgan fingerprint density at radius 1 is 1.07 bits per heavy atom. The van der Waals surface area contributed by atoms with Gasteiger partial charge in [-0.1, -0.05) is 36.4 Å². The molecular formula is C25H29N3O. The number of hydrogen-bond acceptors (Lipinski definition) is 4. The molecule has 0 unspecified atom stereocenters. The summed E-state index contributed by atoms with van der Waals surface area (Å²) in [6, 6.07) is 23.5. The fourth-order valence-electron chi connectivity index (χ4n) is 4.37. The third-order valence-corrected chi connectivity index (χ3v) is 5.76. The van der Waals surface area contributed by atoms with Gasteiger partial charge < -0.3 is 10.5 Å². The number of rotatable bonds is 5. The molecule has 2 atom stereocenters. The lowest BCUT2D eigenvalue weighted by molar-refractivity contribution is 0.119. The number of piperidine rings is 1. The summed E-state index contributed by atoms with van der Waals surface area (Å²) in [6.45, 7) is 3.85. The van der Waals surface area contributed by atoms with Gasteiger partial charge >= 0.3 is 0 Å². The van der Waals surface area contributed by atoms with E-state index >= 15 is 0 Å². The summed E-state index contributed by atoms with van der Waals surface area (Å²) < 4.78 is 5.69. The second kappa shape index (κ2) is 8.76. The Balaban J connectivity index is 1.67. The highest BCUT2D eigenvalue weighted by atomic mass is 16.5. The lowest BCUT2D eigenvalue weighted by Crippen LogP contribution is -2.45. The van der Waals surface area contributed by atoms with E-state index < -0.39 is 0 Å². The van der Waals surface area contributed by atoms with E-state index in [1.165, 1.54) is 11.1 Å². The van der Waals surface area contributed by atoms with Gasteiger partial charge in [0, 0.05) is 29.4 Å². The van der Waals surface area contributed by atoms with Gasteiger partial charge in [0.2, 0.25) is 0 Å². The average Bonchev–Trinajstić information content (AvgIpc) is 2.74. The maximum absolute atomic E-state index is 6.58. The van der Waals surface area contributed by atoms with Crippen molar-refractivity contribution in [2.75, 3.05) is 13.7 Å². The molecule has 0 radical (unpaired) electrons. The van der Waals surface area contributed by atoms with E-state index in [4.69, 9.17) is 10.5 Å². The number of likely N-dealkylation sites (tertiary alicyclic amines) is 1. The van der Waals surface area contributed by atoms with Crippen LogP contribution >= 0.6 is 0 Å². The van der Waals surface area contributed by atoms with E-state index in [0.29, 0.717) is 0 Å². The lowest BCUT2D eigenvalue weighted by atomic mass is 9.90. The first-order chi connectivity index (χ1) is 14.2. The van der Waals surface area contributed by atoms with Crippen molar-refractivity contribution in [2.24, 2.45) is 5.73 Å². The Morgan fingerprint density at radius 3 is 2.66 bits per heavy atom. The van der Waals surface area contributed by atoms with E-state index in [0.717, 1.165) is 48.6 Å². The van der Waals surface area contributed by atoms with Gasteiger partial charge in [0.05, 0.1) is 18.8 Å². The molecule has 29 heavy (non-hydrogen) atoms. The van der Waals surface area contributed by atoms with Gasteiger partial charge in [-0.05, 0) is 62.2 Å². The summed E-state index contributed by atoms with van der Waals surface area (Å²) in [5.74, 6) is 0.910. The minimum Gasteiger partial charge on any atom is -0.496 e. The highest BCUT2D eigenvalue weighted by Crippen LogP contribution is 2.34. The number of methoxy groups -OCH3 is 1. The van der Waals surface area contributed by atoms with Crippen LogP contribution in [0, 0.1) is 6.92 Å². The quantitative estimate of drug-likeness (QED) is 0.688. The zero-order chi connectivity index (χ0) is 20.2. The molecule has 0 amide bonds. The first kappa shape index (κ1) is 19.6. The van der Waals surface area contributed by atoms with Gasteiger partial charge in [0.1, 0.15) is 5.75 Å². The SMILES string of the molecule is COc1ccc(-c2cccc(C)n2)cc1CN1CCC[C@H](N)[C@@H]1c1ccccc1. The van der Waals surface area contributed by atoms with E-state index in [1.54, 1.807) is 7.11 Å². The monoisotopic (exact) mass is 387 g/mol. The molecule has 0 aliphatic carbocycles. The second-order valence-corrected chi connectivity index (χ2v) is 7.82. The number of hydrogen-bond donors (Lipinski definition) is 1. The van der Waals surface area contributed by atoms with Gasteiger partial charge in [0.15, 0.2) is 0 Å². The number of aromatic nitrogens is 1. The van der Waals surface area contributed by atoms with Gasteiger partial charge in [-0.15, -0.1) is 0 Å². The Bertz CT molecular complexity index is 957. The molecule has 1 aromatic heterocycles. The maximum atomic E-state index is 6.58. The van der Waals surface area contributed by atoms with E-state index in [-0.39, 0.29) is 12.1 Å². The predicted molar refractivity (Wildman–Crippen MR) is 118 cm³/mol. The van der Waals surface area contributed by atoms with Crippen LogP contribution in [-0.4, -0.2) is 29.6 Å². The first-order valence-electron chi connectivity index (χ1n) is 10.3. The van der Waals surface area contributed by atoms with Gasteiger partial charge in [-0.3, -0.25) is 9.88 Å². The number of aryl methyl sites for hydroxylation is 1. The van der Waals surface area contributed by atoms with Crippen LogP contribution in [0.3, 0.4) is 0 Å². The molecule has 1 fully saturated rings. The zero-order valence-electron chi connectivity index (χ0n) is 17.2. The van der Waals surface area contributed by atoms with Crippen molar-refractivity contribution in [3.05, 3.63) is 83.6 Å². The van der Waals surface area contributed by atoms with Gasteiger partial charge in [-0.25, -0.2) is 0 Å². The van der Waals surface area contributed by atoms with Gasteiger partial charge in [-0.2, -0.15) is 0 Å². The summed E-state index contributed by atoms with van der Waals surface area (Å²) in [7, 11) is 1.74. The van der Waals surface area contributed by atoms with Crippen LogP contribution < -0.4 is 10.5 Å². The Hall–Kier alpha value is -2.69. The summed E-state index contributed by atoms with van der Waals surface area (Å²) >= 11 is 0. The van der Waals surface area contributed by atoms with Crippen molar-refractivity contribution >= 4 is 0 Å². The lowest BCUT2D eigenvalue weighted by Gasteiger charge is -2.40. The Morgan fingerprint density at radius 2 is 1.90 bits per heavy atom. The van der Waals surface area contributed by atoms with E-state index in [1.807, 2.05) is 13.0 Å². The summed E-state index contributed by atoms with van der Waals surface area (Å²) in [4.78, 5) is 7.18. The molecule has 1 aliphatic heterocycles. The van der Waals surface area contributed by atoms with Crippen LogP contribution in [-0.2, 0) is 6.54 Å². The maximum Gasteiger partial charge on any atom is 0.123 e. The van der Waals surface area contributed by atoms with Gasteiger partial charge in [0.25, 0.3) is 0 Å². The molecule has 4 nitrogen and oxygen atoms in total. The summed E-state index contributed by atoms with van der Waals surface area (Å²) in [5.41, 5.74) is 12.2. The Kier molecular flexibility index (Phi) is 5.93. The standard InChI is InChI=1S/C25H29N3O/c1-18-8-6-12-23(27-18)20-13-14-24(29-2)21(16-20)17-28-15-7-11-22(26)25(28)19-9-4-3-5-10-19/h3-6,8-10,12-14,16,22,25H,7,11,15,17,26H2,1-2H3/t22-,25-/m0/s1. The number of benzene rings is 2. The van der Waals surface area contributed by atoms with Crippen molar-refractivity contribution < 1.29 is 4.74 Å². The van der Waals surface area contributed by atoms with Crippen molar-refractivity contribution in [2.45, 2.75) is 38.4 Å². The minimum atomic E-state index is 0.138. The van der Waals surface area contributed by atoms with Crippen LogP contribution in [0.4, 0.5) is 0 Å². The third-order valence-electron chi connectivity index (χ3n) is 5.76. The fraction of sp³-hybridized carbons (Fsp3) is 0.320. The van der Waals surface area contributed by atoms with Crippen LogP contribution in [0.25, 0.3) is 11.3 Å². The third kappa shape index (κ3) is 4.34. The Labute approximate surface area is 173 Å².